The van der Waals surface area contributed by atoms with Crippen molar-refractivity contribution >= 4 is 12.4 Å². The van der Waals surface area contributed by atoms with E-state index in [1.807, 2.05) is 0 Å². The van der Waals surface area contributed by atoms with E-state index in [9.17, 15) is 31.4 Å². The van der Waals surface area contributed by atoms with E-state index >= 15 is 0 Å². The van der Waals surface area contributed by atoms with Crippen LogP contribution in [0.5, 0.6) is 0 Å². The van der Waals surface area contributed by atoms with Crippen LogP contribution in [-0.4, -0.2) is 11.2 Å². The van der Waals surface area contributed by atoms with E-state index in [1.54, 1.807) is 0 Å². The second-order valence-corrected chi connectivity index (χ2v) is 4.11. The van der Waals surface area contributed by atoms with E-state index in [2.05, 4.69) is 0 Å². The van der Waals surface area contributed by atoms with Gasteiger partial charge in [0.2, 0.25) is 0 Å². The molecule has 0 saturated heterocycles. The van der Waals surface area contributed by atoms with Gasteiger partial charge in [0.25, 0.3) is 0 Å². The molecule has 0 heterocycles. The van der Waals surface area contributed by atoms with Gasteiger partial charge in [-0.1, -0.05) is 0 Å². The van der Waals surface area contributed by atoms with Crippen LogP contribution in [0.4, 0.5) is 26.3 Å². The highest BCUT2D eigenvalue weighted by molar-refractivity contribution is 5.85. The Labute approximate surface area is 117 Å². The van der Waals surface area contributed by atoms with Gasteiger partial charge in [0, 0.05) is 0 Å². The monoisotopic (exact) mass is 323 g/mol. The summed E-state index contributed by atoms with van der Waals surface area (Å²) in [6, 6.07) is -0.305. The largest absolute Gasteiger partial charge is 0.416 e. The highest BCUT2D eigenvalue weighted by Crippen LogP contribution is 2.37. The van der Waals surface area contributed by atoms with Crippen LogP contribution in [0, 0.1) is 0 Å². The first-order chi connectivity index (χ1) is 8.43. The number of nitrogens with two attached hydrogens (primary N) is 1. The smallest absolute Gasteiger partial charge is 0.391 e. The maximum Gasteiger partial charge on any atom is 0.416 e. The minimum absolute atomic E-state index is 0. The molecule has 0 spiro atoms. The fourth-order valence-electron chi connectivity index (χ4n) is 1.45. The zero-order valence-corrected chi connectivity index (χ0v) is 10.9. The highest BCUT2D eigenvalue weighted by Gasteiger charge is 2.37. The Morgan fingerprint density at radius 1 is 0.950 bits per heavy atom. The van der Waals surface area contributed by atoms with Gasteiger partial charge in [-0.15, -0.1) is 12.4 Å². The van der Waals surface area contributed by atoms with Gasteiger partial charge < -0.3 is 10.8 Å². The van der Waals surface area contributed by atoms with Crippen LogP contribution in [-0.2, 0) is 12.4 Å². The van der Waals surface area contributed by atoms with Crippen molar-refractivity contribution in [1.29, 1.82) is 0 Å². The molecule has 0 aliphatic carbocycles. The first kappa shape index (κ1) is 19.0. The molecule has 0 fully saturated rings. The summed E-state index contributed by atoms with van der Waals surface area (Å²) >= 11 is 0. The number of hydrogen-bond donors (Lipinski definition) is 2. The van der Waals surface area contributed by atoms with Gasteiger partial charge in [0.15, 0.2) is 0 Å². The lowest BCUT2D eigenvalue weighted by molar-refractivity contribution is -0.143. The van der Waals surface area contributed by atoms with Gasteiger partial charge in [0.1, 0.15) is 0 Å². The van der Waals surface area contributed by atoms with Crippen LogP contribution in [0.1, 0.15) is 29.7 Å². The number of rotatable bonds is 2. The molecule has 0 amide bonds. The molecule has 0 saturated carbocycles. The molecular weight excluding hydrogens is 312 g/mol. The van der Waals surface area contributed by atoms with Crippen molar-refractivity contribution in [2.75, 3.05) is 0 Å². The van der Waals surface area contributed by atoms with Crippen molar-refractivity contribution < 1.29 is 31.4 Å². The van der Waals surface area contributed by atoms with Crippen molar-refractivity contribution in [1.82, 2.24) is 0 Å². The summed E-state index contributed by atoms with van der Waals surface area (Å²) in [5.74, 6) is 0. The fourth-order valence-corrected chi connectivity index (χ4v) is 1.45. The van der Waals surface area contributed by atoms with Gasteiger partial charge in [0.05, 0.1) is 23.3 Å². The minimum Gasteiger partial charge on any atom is -0.391 e. The standard InChI is InChI=1S/C11H11F6NO.ClH/c1-5(19)9(18)6-2-7(10(12,13)14)4-8(3-6)11(15,16)17;/h2-5,9,19H,18H2,1H3;1H/t5-,9-;/m1./s1. The molecule has 1 rings (SSSR count). The van der Waals surface area contributed by atoms with Crippen LogP contribution in [0.3, 0.4) is 0 Å². The molecule has 1 aromatic carbocycles. The number of aliphatic hydroxyl groups is 1. The Morgan fingerprint density at radius 2 is 1.30 bits per heavy atom. The fraction of sp³-hybridized carbons (Fsp3) is 0.455. The van der Waals surface area contributed by atoms with E-state index in [0.717, 1.165) is 0 Å². The zero-order valence-electron chi connectivity index (χ0n) is 10.1. The second kappa shape index (κ2) is 6.19. The molecule has 0 bridgehead atoms. The first-order valence-electron chi connectivity index (χ1n) is 5.16. The Hall–Kier alpha value is -0.990. The van der Waals surface area contributed by atoms with Gasteiger partial charge in [-0.2, -0.15) is 26.3 Å². The lowest BCUT2D eigenvalue weighted by atomic mass is 9.97. The quantitative estimate of drug-likeness (QED) is 0.818. The molecule has 3 N–H and O–H groups in total. The maximum absolute atomic E-state index is 12.5. The average Bonchev–Trinajstić information content (AvgIpc) is 2.24. The van der Waals surface area contributed by atoms with Crippen LogP contribution in [0.15, 0.2) is 18.2 Å². The maximum atomic E-state index is 12.5. The zero-order chi connectivity index (χ0) is 15.0. The van der Waals surface area contributed by atoms with Crippen molar-refractivity contribution in [3.05, 3.63) is 34.9 Å². The van der Waals surface area contributed by atoms with Crippen molar-refractivity contribution in [3.8, 4) is 0 Å². The van der Waals surface area contributed by atoms with E-state index in [-0.39, 0.29) is 18.5 Å². The summed E-state index contributed by atoms with van der Waals surface area (Å²) in [5, 5.41) is 9.17. The molecule has 2 nitrogen and oxygen atoms in total. The van der Waals surface area contributed by atoms with Crippen LogP contribution < -0.4 is 5.73 Å². The Bertz CT molecular complexity index is 425. The van der Waals surface area contributed by atoms with Gasteiger partial charge >= 0.3 is 12.4 Å². The summed E-state index contributed by atoms with van der Waals surface area (Å²) in [6.07, 6.45) is -11.1. The predicted octanol–water partition coefficient (Wildman–Crippen LogP) is 3.53. The van der Waals surface area contributed by atoms with Crippen LogP contribution >= 0.6 is 12.4 Å². The summed E-state index contributed by atoms with van der Waals surface area (Å²) < 4.78 is 75.2. The van der Waals surface area contributed by atoms with Gasteiger partial charge in [-0.05, 0) is 30.7 Å². The van der Waals surface area contributed by atoms with Crippen molar-refractivity contribution in [3.63, 3.8) is 0 Å². The highest BCUT2D eigenvalue weighted by atomic mass is 35.5. The predicted molar refractivity (Wildman–Crippen MR) is 62.3 cm³/mol. The van der Waals surface area contributed by atoms with E-state index in [4.69, 9.17) is 5.73 Å². The third kappa shape index (κ3) is 4.53. The molecule has 0 aliphatic rings. The topological polar surface area (TPSA) is 46.2 Å². The van der Waals surface area contributed by atoms with Crippen molar-refractivity contribution in [2.45, 2.75) is 31.4 Å². The molecular formula is C11H12ClF6NO. The number of alkyl halides is 6. The van der Waals surface area contributed by atoms with Gasteiger partial charge in [-0.3, -0.25) is 0 Å². The molecule has 0 aromatic heterocycles. The lowest BCUT2D eigenvalue weighted by Crippen LogP contribution is -2.24. The van der Waals surface area contributed by atoms with Crippen LogP contribution in [0.25, 0.3) is 0 Å². The Kier molecular flexibility index (Phi) is 5.89. The molecule has 0 unspecified atom stereocenters. The SMILES string of the molecule is C[C@@H](O)[C@@H](N)c1cc(C(F)(F)F)cc(C(F)(F)F)c1.Cl. The summed E-state index contributed by atoms with van der Waals surface area (Å²) in [4.78, 5) is 0. The number of benzene rings is 1. The number of halogens is 7. The van der Waals surface area contributed by atoms with E-state index < -0.39 is 41.2 Å². The molecule has 20 heavy (non-hydrogen) atoms. The van der Waals surface area contributed by atoms with E-state index in [1.165, 1.54) is 6.92 Å². The second-order valence-electron chi connectivity index (χ2n) is 4.11. The Morgan fingerprint density at radius 3 is 1.55 bits per heavy atom. The minimum atomic E-state index is -4.92. The van der Waals surface area contributed by atoms with Crippen molar-refractivity contribution in [2.24, 2.45) is 5.73 Å². The molecule has 116 valence electrons. The Balaban J connectivity index is 0.00000361. The van der Waals surface area contributed by atoms with E-state index in [0.29, 0.717) is 12.1 Å². The first-order valence-corrected chi connectivity index (χ1v) is 5.16. The molecule has 0 aliphatic heterocycles. The number of aliphatic hydroxyl groups excluding tert-OH is 1. The summed E-state index contributed by atoms with van der Waals surface area (Å²) in [5.41, 5.74) is 2.06. The molecule has 0 radical (unpaired) electrons. The summed E-state index contributed by atoms with van der Waals surface area (Å²) in [7, 11) is 0. The number of hydrogen-bond acceptors (Lipinski definition) is 2. The lowest BCUT2D eigenvalue weighted by Gasteiger charge is -2.19. The normalized spacial score (nSPS) is 15.4. The molecule has 2 atom stereocenters. The molecule has 1 aromatic rings. The third-order valence-corrected chi connectivity index (χ3v) is 2.51. The summed E-state index contributed by atoms with van der Waals surface area (Å²) in [6.45, 7) is 1.18. The third-order valence-electron chi connectivity index (χ3n) is 2.51. The molecule has 9 heteroatoms. The van der Waals surface area contributed by atoms with Gasteiger partial charge in [-0.25, -0.2) is 0 Å². The average molecular weight is 324 g/mol. The van der Waals surface area contributed by atoms with Crippen LogP contribution in [0.2, 0.25) is 0 Å².